The summed E-state index contributed by atoms with van der Waals surface area (Å²) >= 11 is 0. The first kappa shape index (κ1) is 19.3. The molecule has 0 fully saturated rings. The maximum Gasteiger partial charge on any atom is 0.269 e. The lowest BCUT2D eigenvalue weighted by Gasteiger charge is -2.23. The summed E-state index contributed by atoms with van der Waals surface area (Å²) < 4.78 is 28.1. The highest BCUT2D eigenvalue weighted by atomic mass is 32.2. The number of anilines is 1. The molecule has 0 aromatic heterocycles. The Labute approximate surface area is 159 Å². The number of benzene rings is 2. The molecule has 144 valence electrons. The molecule has 1 heterocycles. The molecule has 3 rings (SSSR count). The maximum absolute atomic E-state index is 12.7. The van der Waals surface area contributed by atoms with Gasteiger partial charge < -0.3 is 0 Å². The van der Waals surface area contributed by atoms with E-state index in [2.05, 4.69) is 23.5 Å². The number of nitro groups is 1. The predicted molar refractivity (Wildman–Crippen MR) is 104 cm³/mol. The van der Waals surface area contributed by atoms with Crippen LogP contribution in [0.4, 0.5) is 11.4 Å². The van der Waals surface area contributed by atoms with E-state index >= 15 is 0 Å². The number of hydrogen-bond acceptors (Lipinski definition) is 5. The number of nitrogens with one attached hydrogen (secondary N) is 1. The van der Waals surface area contributed by atoms with Crippen molar-refractivity contribution in [2.45, 2.75) is 50.7 Å². The average Bonchev–Trinajstić information content (AvgIpc) is 3.07. The lowest BCUT2D eigenvalue weighted by atomic mass is 10.1. The van der Waals surface area contributed by atoms with Gasteiger partial charge in [0.2, 0.25) is 0 Å². The number of fused-ring (bicyclic) bond motifs is 1. The van der Waals surface area contributed by atoms with Crippen LogP contribution in [-0.4, -0.2) is 24.3 Å². The van der Waals surface area contributed by atoms with Gasteiger partial charge in [0.25, 0.3) is 15.7 Å². The fourth-order valence-electron chi connectivity index (χ4n) is 3.41. The van der Waals surface area contributed by atoms with E-state index < -0.39 is 14.9 Å². The molecule has 0 aliphatic carbocycles. The second-order valence-electron chi connectivity index (χ2n) is 6.84. The van der Waals surface area contributed by atoms with Crippen molar-refractivity contribution < 1.29 is 13.3 Å². The van der Waals surface area contributed by atoms with Crippen LogP contribution in [0, 0.1) is 10.1 Å². The van der Waals surface area contributed by atoms with Crippen LogP contribution in [0.5, 0.6) is 0 Å². The molecule has 1 aliphatic heterocycles. The van der Waals surface area contributed by atoms with Gasteiger partial charge in [-0.25, -0.2) is 8.42 Å². The zero-order valence-electron chi connectivity index (χ0n) is 15.4. The Bertz CT molecular complexity index is 942. The van der Waals surface area contributed by atoms with E-state index in [1.807, 2.05) is 12.1 Å². The normalized spacial score (nSPS) is 15.3. The molecule has 0 saturated carbocycles. The third kappa shape index (κ3) is 4.12. The molecule has 2 aromatic rings. The highest BCUT2D eigenvalue weighted by Gasteiger charge is 2.26. The summed E-state index contributed by atoms with van der Waals surface area (Å²) in [5.74, 6) is 0. The Kier molecular flexibility index (Phi) is 5.48. The van der Waals surface area contributed by atoms with E-state index in [1.54, 1.807) is 6.07 Å². The Morgan fingerprint density at radius 2 is 1.89 bits per heavy atom. The molecule has 0 unspecified atom stereocenters. The van der Waals surface area contributed by atoms with Crippen molar-refractivity contribution in [3.05, 3.63) is 63.7 Å². The van der Waals surface area contributed by atoms with Gasteiger partial charge in [0, 0.05) is 31.3 Å². The van der Waals surface area contributed by atoms with Crippen LogP contribution in [0.1, 0.15) is 37.8 Å². The van der Waals surface area contributed by atoms with Crippen LogP contribution in [0.15, 0.2) is 47.4 Å². The molecule has 1 atom stereocenters. The second kappa shape index (κ2) is 7.66. The Morgan fingerprint density at radius 1 is 1.19 bits per heavy atom. The van der Waals surface area contributed by atoms with E-state index in [0.29, 0.717) is 18.3 Å². The standard InChI is InChI=1S/C19H23N3O4S/c1-3-5-14(2)21-12-15-6-4-7-19(18(15)13-21)20-27(25,26)17-10-8-16(9-11-17)22(23)24/h4,6-11,14,20H,3,5,12-13H2,1-2H3/t14-/m0/s1. The lowest BCUT2D eigenvalue weighted by molar-refractivity contribution is -0.384. The first-order valence-electron chi connectivity index (χ1n) is 8.94. The summed E-state index contributed by atoms with van der Waals surface area (Å²) in [7, 11) is -3.82. The summed E-state index contributed by atoms with van der Waals surface area (Å²) in [5, 5.41) is 10.7. The first-order valence-corrected chi connectivity index (χ1v) is 10.4. The molecular weight excluding hydrogens is 366 g/mol. The Morgan fingerprint density at radius 3 is 2.52 bits per heavy atom. The monoisotopic (exact) mass is 389 g/mol. The van der Waals surface area contributed by atoms with Gasteiger partial charge >= 0.3 is 0 Å². The number of nitro benzene ring substituents is 1. The van der Waals surface area contributed by atoms with Gasteiger partial charge in [-0.2, -0.15) is 0 Å². The zero-order chi connectivity index (χ0) is 19.6. The fourth-order valence-corrected chi connectivity index (χ4v) is 4.50. The van der Waals surface area contributed by atoms with Crippen LogP contribution in [0.3, 0.4) is 0 Å². The fraction of sp³-hybridized carbons (Fsp3) is 0.368. The first-order chi connectivity index (χ1) is 12.8. The molecule has 0 radical (unpaired) electrons. The largest absolute Gasteiger partial charge is 0.292 e. The quantitative estimate of drug-likeness (QED) is 0.573. The van der Waals surface area contributed by atoms with Crippen LogP contribution in [0.25, 0.3) is 0 Å². The van der Waals surface area contributed by atoms with Crippen molar-refractivity contribution in [1.82, 2.24) is 4.90 Å². The highest BCUT2D eigenvalue weighted by molar-refractivity contribution is 7.92. The minimum absolute atomic E-state index is 0.0000860. The summed E-state index contributed by atoms with van der Waals surface area (Å²) in [5.41, 5.74) is 2.54. The number of nitrogens with zero attached hydrogens (tertiary/aromatic N) is 2. The molecule has 0 bridgehead atoms. The molecule has 0 saturated heterocycles. The van der Waals surface area contributed by atoms with Gasteiger partial charge in [-0.1, -0.05) is 25.5 Å². The minimum Gasteiger partial charge on any atom is -0.292 e. The molecule has 7 nitrogen and oxygen atoms in total. The molecule has 0 amide bonds. The van der Waals surface area contributed by atoms with Gasteiger partial charge in [-0.05, 0) is 42.7 Å². The van der Waals surface area contributed by atoms with Gasteiger partial charge in [0.05, 0.1) is 15.5 Å². The number of rotatable bonds is 7. The zero-order valence-corrected chi connectivity index (χ0v) is 16.2. The van der Waals surface area contributed by atoms with Crippen molar-refractivity contribution in [2.24, 2.45) is 0 Å². The van der Waals surface area contributed by atoms with E-state index in [9.17, 15) is 18.5 Å². The van der Waals surface area contributed by atoms with E-state index in [4.69, 9.17) is 0 Å². The molecule has 2 aromatic carbocycles. The highest BCUT2D eigenvalue weighted by Crippen LogP contribution is 2.32. The second-order valence-corrected chi connectivity index (χ2v) is 8.52. The van der Waals surface area contributed by atoms with Crippen molar-refractivity contribution in [1.29, 1.82) is 0 Å². The van der Waals surface area contributed by atoms with Crippen molar-refractivity contribution in [3.8, 4) is 0 Å². The summed E-state index contributed by atoms with van der Waals surface area (Å²) in [6, 6.07) is 10.9. The molecule has 8 heteroatoms. The number of sulfonamides is 1. The molecule has 27 heavy (non-hydrogen) atoms. The van der Waals surface area contributed by atoms with Gasteiger partial charge in [-0.15, -0.1) is 0 Å². The molecular formula is C19H23N3O4S. The van der Waals surface area contributed by atoms with E-state index in [1.165, 1.54) is 24.3 Å². The van der Waals surface area contributed by atoms with Crippen LogP contribution >= 0.6 is 0 Å². The number of non-ortho nitro benzene ring substituents is 1. The SMILES string of the molecule is CCC[C@H](C)N1Cc2cccc(NS(=O)(=O)c3ccc([N+](=O)[O-])cc3)c2C1. The Hall–Kier alpha value is -2.45. The lowest BCUT2D eigenvalue weighted by Crippen LogP contribution is -2.27. The molecule has 1 N–H and O–H groups in total. The van der Waals surface area contributed by atoms with Crippen molar-refractivity contribution in [3.63, 3.8) is 0 Å². The van der Waals surface area contributed by atoms with Crippen LogP contribution < -0.4 is 4.72 Å². The maximum atomic E-state index is 12.7. The third-order valence-electron chi connectivity index (χ3n) is 4.94. The minimum atomic E-state index is -3.82. The average molecular weight is 389 g/mol. The van der Waals surface area contributed by atoms with Crippen molar-refractivity contribution in [2.75, 3.05) is 4.72 Å². The molecule has 1 aliphatic rings. The van der Waals surface area contributed by atoms with Crippen LogP contribution in [0.2, 0.25) is 0 Å². The van der Waals surface area contributed by atoms with Gasteiger partial charge in [-0.3, -0.25) is 19.7 Å². The van der Waals surface area contributed by atoms with E-state index in [0.717, 1.165) is 30.5 Å². The predicted octanol–water partition coefficient (Wildman–Crippen LogP) is 3.90. The summed E-state index contributed by atoms with van der Waals surface area (Å²) in [6.45, 7) is 5.86. The van der Waals surface area contributed by atoms with Gasteiger partial charge in [0.15, 0.2) is 0 Å². The van der Waals surface area contributed by atoms with E-state index in [-0.39, 0.29) is 10.6 Å². The number of hydrogen-bond donors (Lipinski definition) is 1. The summed E-state index contributed by atoms with van der Waals surface area (Å²) in [6.07, 6.45) is 2.20. The topological polar surface area (TPSA) is 92.6 Å². The third-order valence-corrected chi connectivity index (χ3v) is 6.32. The van der Waals surface area contributed by atoms with Gasteiger partial charge in [0.1, 0.15) is 0 Å². The summed E-state index contributed by atoms with van der Waals surface area (Å²) in [4.78, 5) is 12.5. The van der Waals surface area contributed by atoms with Crippen LogP contribution in [-0.2, 0) is 23.1 Å². The smallest absolute Gasteiger partial charge is 0.269 e. The van der Waals surface area contributed by atoms with Crippen molar-refractivity contribution >= 4 is 21.4 Å². The Balaban J connectivity index is 1.83. The molecule has 0 spiro atoms.